The number of rotatable bonds is 7. The van der Waals surface area contributed by atoms with Crippen molar-refractivity contribution < 1.29 is 9.53 Å². The van der Waals surface area contributed by atoms with Gasteiger partial charge in [0.05, 0.1) is 29.1 Å². The van der Waals surface area contributed by atoms with Gasteiger partial charge in [0, 0.05) is 6.54 Å². The van der Waals surface area contributed by atoms with Crippen LogP contribution < -0.4 is 10.1 Å². The first-order valence-corrected chi connectivity index (χ1v) is 9.93. The Hall–Kier alpha value is -2.47. The number of methoxy groups -OCH3 is 1. The SMILES string of the molecule is COc1ccccc1NC(=O)C(C)Sc1nc2ccccc2n1CC(C)C. The molecular formula is C21H25N3O2S. The number of imidazole rings is 1. The molecule has 0 aliphatic heterocycles. The van der Waals surface area contributed by atoms with Crippen LogP contribution in [0.5, 0.6) is 5.75 Å². The highest BCUT2D eigenvalue weighted by Crippen LogP contribution is 2.30. The van der Waals surface area contributed by atoms with Crippen molar-refractivity contribution in [3.8, 4) is 5.75 Å². The summed E-state index contributed by atoms with van der Waals surface area (Å²) in [6, 6.07) is 15.5. The summed E-state index contributed by atoms with van der Waals surface area (Å²) in [5.74, 6) is 1.06. The van der Waals surface area contributed by atoms with E-state index in [9.17, 15) is 4.79 Å². The summed E-state index contributed by atoms with van der Waals surface area (Å²) in [5, 5.41) is 3.53. The van der Waals surface area contributed by atoms with Crippen LogP contribution in [-0.2, 0) is 11.3 Å². The van der Waals surface area contributed by atoms with Crippen molar-refractivity contribution in [2.45, 2.75) is 37.7 Å². The number of thioether (sulfide) groups is 1. The second-order valence-corrected chi connectivity index (χ2v) is 8.15. The number of ether oxygens (including phenoxy) is 1. The Labute approximate surface area is 164 Å². The Morgan fingerprint density at radius 2 is 1.85 bits per heavy atom. The van der Waals surface area contributed by atoms with Crippen LogP contribution in [0.2, 0.25) is 0 Å². The van der Waals surface area contributed by atoms with Crippen LogP contribution in [0.15, 0.2) is 53.7 Å². The van der Waals surface area contributed by atoms with Crippen LogP contribution in [0.25, 0.3) is 11.0 Å². The van der Waals surface area contributed by atoms with Gasteiger partial charge in [-0.05, 0) is 37.1 Å². The van der Waals surface area contributed by atoms with Crippen LogP contribution >= 0.6 is 11.8 Å². The first kappa shape index (κ1) is 19.3. The maximum Gasteiger partial charge on any atom is 0.237 e. The minimum Gasteiger partial charge on any atom is -0.495 e. The number of benzene rings is 2. The van der Waals surface area contributed by atoms with Gasteiger partial charge in [-0.2, -0.15) is 0 Å². The summed E-state index contributed by atoms with van der Waals surface area (Å²) in [4.78, 5) is 17.5. The molecule has 0 radical (unpaired) electrons. The average Bonchev–Trinajstić information content (AvgIpc) is 2.99. The molecule has 0 saturated carbocycles. The lowest BCUT2D eigenvalue weighted by Crippen LogP contribution is -2.23. The monoisotopic (exact) mass is 383 g/mol. The van der Waals surface area contributed by atoms with Crippen molar-refractivity contribution in [2.75, 3.05) is 12.4 Å². The molecule has 0 aliphatic carbocycles. The van der Waals surface area contributed by atoms with Crippen molar-refractivity contribution in [3.05, 3.63) is 48.5 Å². The normalized spacial score (nSPS) is 12.3. The molecule has 1 atom stereocenters. The number of carbonyl (C=O) groups is 1. The first-order valence-electron chi connectivity index (χ1n) is 9.05. The number of amides is 1. The van der Waals surface area contributed by atoms with Crippen LogP contribution in [0.4, 0.5) is 5.69 Å². The topological polar surface area (TPSA) is 56.1 Å². The zero-order valence-corrected chi connectivity index (χ0v) is 16.9. The Balaban J connectivity index is 1.80. The Kier molecular flexibility index (Phi) is 6.06. The van der Waals surface area contributed by atoms with E-state index >= 15 is 0 Å². The quantitative estimate of drug-likeness (QED) is 0.594. The summed E-state index contributed by atoms with van der Waals surface area (Å²) >= 11 is 1.48. The fourth-order valence-corrected chi connectivity index (χ4v) is 3.81. The molecule has 1 heterocycles. The minimum absolute atomic E-state index is 0.0762. The van der Waals surface area contributed by atoms with Gasteiger partial charge in [-0.25, -0.2) is 4.98 Å². The van der Waals surface area contributed by atoms with Crippen LogP contribution in [0, 0.1) is 5.92 Å². The average molecular weight is 384 g/mol. The van der Waals surface area contributed by atoms with E-state index in [4.69, 9.17) is 9.72 Å². The number of carbonyl (C=O) groups excluding carboxylic acids is 1. The van der Waals surface area contributed by atoms with Crippen molar-refractivity contribution in [1.29, 1.82) is 0 Å². The van der Waals surface area contributed by atoms with E-state index in [2.05, 4.69) is 29.8 Å². The summed E-state index contributed by atoms with van der Waals surface area (Å²) in [6.07, 6.45) is 0. The lowest BCUT2D eigenvalue weighted by Gasteiger charge is -2.15. The molecule has 27 heavy (non-hydrogen) atoms. The number of nitrogens with zero attached hydrogens (tertiary/aromatic N) is 2. The molecule has 0 bridgehead atoms. The van der Waals surface area contributed by atoms with Crippen LogP contribution in [-0.4, -0.2) is 27.8 Å². The van der Waals surface area contributed by atoms with Crippen LogP contribution in [0.1, 0.15) is 20.8 Å². The molecule has 0 aliphatic rings. The van der Waals surface area contributed by atoms with E-state index in [0.29, 0.717) is 17.4 Å². The highest BCUT2D eigenvalue weighted by Gasteiger charge is 2.20. The van der Waals surface area contributed by atoms with Gasteiger partial charge in [0.25, 0.3) is 0 Å². The van der Waals surface area contributed by atoms with E-state index in [1.807, 2.05) is 49.4 Å². The van der Waals surface area contributed by atoms with Crippen molar-refractivity contribution >= 4 is 34.4 Å². The van der Waals surface area contributed by atoms with Crippen molar-refractivity contribution in [2.24, 2.45) is 5.92 Å². The Morgan fingerprint density at radius 1 is 1.15 bits per heavy atom. The molecule has 6 heteroatoms. The third kappa shape index (κ3) is 4.45. The molecule has 5 nitrogen and oxygen atoms in total. The summed E-state index contributed by atoms with van der Waals surface area (Å²) in [5.41, 5.74) is 2.73. The number of anilines is 1. The molecule has 0 saturated heterocycles. The predicted molar refractivity (Wildman–Crippen MR) is 112 cm³/mol. The number of hydrogen-bond donors (Lipinski definition) is 1. The summed E-state index contributed by atoms with van der Waals surface area (Å²) in [7, 11) is 1.59. The maximum absolute atomic E-state index is 12.7. The lowest BCUT2D eigenvalue weighted by atomic mass is 10.2. The second-order valence-electron chi connectivity index (χ2n) is 6.84. The predicted octanol–water partition coefficient (Wildman–Crippen LogP) is 4.82. The Morgan fingerprint density at radius 3 is 2.59 bits per heavy atom. The molecule has 3 aromatic rings. The van der Waals surface area contributed by atoms with E-state index in [0.717, 1.165) is 22.7 Å². The van der Waals surface area contributed by atoms with Gasteiger partial charge in [0.15, 0.2) is 5.16 Å². The van der Waals surface area contributed by atoms with E-state index in [-0.39, 0.29) is 11.2 Å². The molecule has 1 N–H and O–H groups in total. The molecule has 1 aromatic heterocycles. The molecule has 0 fully saturated rings. The fourth-order valence-electron chi connectivity index (χ4n) is 2.88. The second kappa shape index (κ2) is 8.48. The zero-order valence-electron chi connectivity index (χ0n) is 16.1. The fraction of sp³-hybridized carbons (Fsp3) is 0.333. The van der Waals surface area contributed by atoms with Gasteiger partial charge in [-0.3, -0.25) is 4.79 Å². The molecule has 142 valence electrons. The van der Waals surface area contributed by atoms with Gasteiger partial charge in [0.2, 0.25) is 5.91 Å². The number of fused-ring (bicyclic) bond motifs is 1. The van der Waals surface area contributed by atoms with Gasteiger partial charge < -0.3 is 14.6 Å². The van der Waals surface area contributed by atoms with Gasteiger partial charge in [-0.15, -0.1) is 0 Å². The van der Waals surface area contributed by atoms with Gasteiger partial charge in [-0.1, -0.05) is 49.9 Å². The lowest BCUT2D eigenvalue weighted by molar-refractivity contribution is -0.115. The molecular weight excluding hydrogens is 358 g/mol. The smallest absolute Gasteiger partial charge is 0.237 e. The van der Waals surface area contributed by atoms with Crippen LogP contribution in [0.3, 0.4) is 0 Å². The number of hydrogen-bond acceptors (Lipinski definition) is 4. The summed E-state index contributed by atoms with van der Waals surface area (Å²) < 4.78 is 7.51. The van der Waals surface area contributed by atoms with Gasteiger partial charge >= 0.3 is 0 Å². The largest absolute Gasteiger partial charge is 0.495 e. The minimum atomic E-state index is -0.294. The molecule has 2 aromatic carbocycles. The standard InChI is InChI=1S/C21H25N3O2S/c1-14(2)13-24-18-11-7-5-9-16(18)23-21(24)27-15(3)20(25)22-17-10-6-8-12-19(17)26-4/h5-12,14-15H,13H2,1-4H3,(H,22,25). The third-order valence-corrected chi connectivity index (χ3v) is 5.27. The molecule has 0 spiro atoms. The van der Waals surface area contributed by atoms with Gasteiger partial charge in [0.1, 0.15) is 5.75 Å². The summed E-state index contributed by atoms with van der Waals surface area (Å²) in [6.45, 7) is 7.13. The van der Waals surface area contributed by atoms with Crippen molar-refractivity contribution in [3.63, 3.8) is 0 Å². The molecule has 3 rings (SSSR count). The van der Waals surface area contributed by atoms with E-state index < -0.39 is 0 Å². The number of nitrogens with one attached hydrogen (secondary N) is 1. The Bertz CT molecular complexity index is 936. The third-order valence-electron chi connectivity index (χ3n) is 4.18. The maximum atomic E-state index is 12.7. The van der Waals surface area contributed by atoms with E-state index in [1.54, 1.807) is 7.11 Å². The zero-order chi connectivity index (χ0) is 19.4. The van der Waals surface area contributed by atoms with E-state index in [1.165, 1.54) is 11.8 Å². The highest BCUT2D eigenvalue weighted by molar-refractivity contribution is 8.00. The number of aromatic nitrogens is 2. The highest BCUT2D eigenvalue weighted by atomic mass is 32.2. The molecule has 1 unspecified atom stereocenters. The number of para-hydroxylation sites is 4. The molecule has 1 amide bonds. The first-order chi connectivity index (χ1) is 13.0. The van der Waals surface area contributed by atoms with Crippen molar-refractivity contribution in [1.82, 2.24) is 9.55 Å².